The van der Waals surface area contributed by atoms with Crippen molar-refractivity contribution in [3.63, 3.8) is 0 Å². The van der Waals surface area contributed by atoms with Gasteiger partial charge in [-0.25, -0.2) is 9.59 Å². The van der Waals surface area contributed by atoms with Crippen LogP contribution in [-0.4, -0.2) is 49.1 Å². The Labute approximate surface area is 189 Å². The number of halogens is 2. The molecule has 2 aromatic rings. The van der Waals surface area contributed by atoms with Gasteiger partial charge >= 0.3 is 11.9 Å². The molecule has 0 aliphatic heterocycles. The van der Waals surface area contributed by atoms with Crippen LogP contribution in [-0.2, 0) is 14.3 Å². The summed E-state index contributed by atoms with van der Waals surface area (Å²) in [5.41, 5.74) is 0.619. The lowest BCUT2D eigenvalue weighted by Crippen LogP contribution is -2.42. The summed E-state index contributed by atoms with van der Waals surface area (Å²) in [5.74, 6) is -0.984. The number of esters is 2. The van der Waals surface area contributed by atoms with E-state index in [1.807, 2.05) is 6.26 Å². The zero-order valence-corrected chi connectivity index (χ0v) is 18.6. The summed E-state index contributed by atoms with van der Waals surface area (Å²) < 4.78 is 10.3. The van der Waals surface area contributed by atoms with Crippen molar-refractivity contribution in [2.24, 2.45) is 0 Å². The fourth-order valence-corrected chi connectivity index (χ4v) is 3.39. The van der Waals surface area contributed by atoms with Crippen molar-refractivity contribution in [2.45, 2.75) is 12.5 Å². The van der Waals surface area contributed by atoms with Crippen LogP contribution in [0.3, 0.4) is 0 Å². The fourth-order valence-electron chi connectivity index (χ4n) is 2.43. The molecule has 0 saturated heterocycles. The van der Waals surface area contributed by atoms with Crippen molar-refractivity contribution >= 4 is 52.8 Å². The van der Waals surface area contributed by atoms with E-state index in [0.717, 1.165) is 0 Å². The van der Waals surface area contributed by atoms with E-state index < -0.39 is 23.9 Å². The van der Waals surface area contributed by atoms with Crippen molar-refractivity contribution in [1.29, 1.82) is 0 Å². The molecule has 0 spiro atoms. The van der Waals surface area contributed by atoms with E-state index in [-0.39, 0.29) is 23.8 Å². The summed E-state index contributed by atoms with van der Waals surface area (Å²) >= 11 is 13.4. The Hall–Kier alpha value is -2.22. The number of nitrogens with one attached hydrogen (secondary N) is 1. The van der Waals surface area contributed by atoms with Gasteiger partial charge in [0.15, 0.2) is 0 Å². The van der Waals surface area contributed by atoms with Gasteiger partial charge in [0.2, 0.25) is 0 Å². The largest absolute Gasteiger partial charge is 0.461 e. The number of benzene rings is 2. The van der Waals surface area contributed by atoms with Gasteiger partial charge in [-0.15, -0.1) is 0 Å². The van der Waals surface area contributed by atoms with Gasteiger partial charge in [-0.2, -0.15) is 11.8 Å². The average molecular weight is 470 g/mol. The van der Waals surface area contributed by atoms with E-state index in [1.54, 1.807) is 36.4 Å². The lowest BCUT2D eigenvalue weighted by atomic mass is 10.1. The van der Waals surface area contributed by atoms with Crippen LogP contribution < -0.4 is 5.32 Å². The second kappa shape index (κ2) is 12.5. The molecule has 160 valence electrons. The van der Waals surface area contributed by atoms with Gasteiger partial charge < -0.3 is 14.8 Å². The predicted octanol–water partition coefficient (Wildman–Crippen LogP) is 4.25. The van der Waals surface area contributed by atoms with Crippen LogP contribution in [0.15, 0.2) is 48.5 Å². The van der Waals surface area contributed by atoms with Gasteiger partial charge in [0.25, 0.3) is 5.91 Å². The molecule has 0 fully saturated rings. The van der Waals surface area contributed by atoms with E-state index in [2.05, 4.69) is 5.32 Å². The Morgan fingerprint density at radius 1 is 1.03 bits per heavy atom. The molecule has 1 N–H and O–H groups in total. The van der Waals surface area contributed by atoms with E-state index in [0.29, 0.717) is 22.8 Å². The number of thioether (sulfide) groups is 1. The molecule has 0 aliphatic rings. The van der Waals surface area contributed by atoms with E-state index in [1.165, 1.54) is 23.9 Å². The molecule has 2 aromatic carbocycles. The molecule has 0 heterocycles. The molecule has 1 atom stereocenters. The standard InChI is InChI=1S/C21H21Cl2NO5S/c1-30-12-9-18(24-19(25)16-8-7-15(22)13-17(16)23)21(27)29-11-10-28-20(26)14-5-3-2-4-6-14/h2-8,13,18H,9-12H2,1H3,(H,24,25). The van der Waals surface area contributed by atoms with Gasteiger partial charge in [-0.1, -0.05) is 41.4 Å². The lowest BCUT2D eigenvalue weighted by Gasteiger charge is -2.18. The van der Waals surface area contributed by atoms with E-state index in [9.17, 15) is 14.4 Å². The van der Waals surface area contributed by atoms with Crippen LogP contribution in [0.5, 0.6) is 0 Å². The first-order chi connectivity index (χ1) is 14.4. The second-order valence-corrected chi connectivity index (χ2v) is 7.93. The zero-order valence-electron chi connectivity index (χ0n) is 16.2. The predicted molar refractivity (Wildman–Crippen MR) is 118 cm³/mol. The maximum atomic E-state index is 12.5. The molecule has 0 aromatic heterocycles. The Bertz CT molecular complexity index is 879. The first kappa shape index (κ1) is 24.1. The summed E-state index contributed by atoms with van der Waals surface area (Å²) in [6, 6.07) is 12.1. The molecular formula is C21H21Cl2NO5S. The third-order valence-corrected chi connectivity index (χ3v) is 5.14. The smallest absolute Gasteiger partial charge is 0.338 e. The summed E-state index contributed by atoms with van der Waals surface area (Å²) in [6.07, 6.45) is 2.27. The van der Waals surface area contributed by atoms with Crippen LogP contribution >= 0.6 is 35.0 Å². The van der Waals surface area contributed by atoms with Gasteiger partial charge in [0.1, 0.15) is 19.3 Å². The molecule has 9 heteroatoms. The highest BCUT2D eigenvalue weighted by Gasteiger charge is 2.23. The van der Waals surface area contributed by atoms with Gasteiger partial charge in [-0.05, 0) is 48.8 Å². The first-order valence-electron chi connectivity index (χ1n) is 9.06. The van der Waals surface area contributed by atoms with Gasteiger partial charge in [0, 0.05) is 5.02 Å². The van der Waals surface area contributed by atoms with Crippen LogP contribution in [0.25, 0.3) is 0 Å². The van der Waals surface area contributed by atoms with E-state index >= 15 is 0 Å². The molecule has 0 aliphatic carbocycles. The quantitative estimate of drug-likeness (QED) is 0.413. The second-order valence-electron chi connectivity index (χ2n) is 6.10. The van der Waals surface area contributed by atoms with Crippen molar-refractivity contribution in [3.8, 4) is 0 Å². The molecule has 0 radical (unpaired) electrons. The molecule has 6 nitrogen and oxygen atoms in total. The van der Waals surface area contributed by atoms with Crippen molar-refractivity contribution in [2.75, 3.05) is 25.2 Å². The Balaban J connectivity index is 1.88. The minimum Gasteiger partial charge on any atom is -0.461 e. The highest BCUT2D eigenvalue weighted by atomic mass is 35.5. The molecule has 2 rings (SSSR count). The van der Waals surface area contributed by atoms with Gasteiger partial charge in [-0.3, -0.25) is 4.79 Å². The minimum absolute atomic E-state index is 0.0916. The van der Waals surface area contributed by atoms with Crippen LogP contribution in [0.1, 0.15) is 27.1 Å². The lowest BCUT2D eigenvalue weighted by molar-refractivity contribution is -0.147. The van der Waals surface area contributed by atoms with Gasteiger partial charge in [0.05, 0.1) is 16.1 Å². The van der Waals surface area contributed by atoms with Crippen molar-refractivity contribution in [1.82, 2.24) is 5.32 Å². The van der Waals surface area contributed by atoms with E-state index in [4.69, 9.17) is 32.7 Å². The highest BCUT2D eigenvalue weighted by molar-refractivity contribution is 7.98. The monoisotopic (exact) mass is 469 g/mol. The number of carbonyl (C=O) groups excluding carboxylic acids is 3. The average Bonchev–Trinajstić information content (AvgIpc) is 2.74. The number of carbonyl (C=O) groups is 3. The minimum atomic E-state index is -0.860. The first-order valence-corrected chi connectivity index (χ1v) is 11.2. The summed E-state index contributed by atoms with van der Waals surface area (Å²) in [4.78, 5) is 36.8. The third-order valence-electron chi connectivity index (χ3n) is 3.95. The zero-order chi connectivity index (χ0) is 21.9. The van der Waals surface area contributed by atoms with Crippen molar-refractivity contribution in [3.05, 3.63) is 69.7 Å². The topological polar surface area (TPSA) is 81.7 Å². The number of rotatable bonds is 10. The SMILES string of the molecule is CSCCC(NC(=O)c1ccc(Cl)cc1Cl)C(=O)OCCOC(=O)c1ccccc1. The maximum Gasteiger partial charge on any atom is 0.338 e. The highest BCUT2D eigenvalue weighted by Crippen LogP contribution is 2.21. The van der Waals surface area contributed by atoms with Crippen molar-refractivity contribution < 1.29 is 23.9 Å². The summed E-state index contributed by atoms with van der Waals surface area (Å²) in [6.45, 7) is -0.212. The molecule has 1 unspecified atom stereocenters. The number of ether oxygens (including phenoxy) is 2. The number of hydrogen-bond acceptors (Lipinski definition) is 6. The molecule has 30 heavy (non-hydrogen) atoms. The Morgan fingerprint density at radius 3 is 2.40 bits per heavy atom. The van der Waals surface area contributed by atoms with Crippen LogP contribution in [0, 0.1) is 0 Å². The molecular weight excluding hydrogens is 449 g/mol. The normalized spacial score (nSPS) is 11.4. The van der Waals surface area contributed by atoms with Crippen LogP contribution in [0.4, 0.5) is 0 Å². The fraction of sp³-hybridized carbons (Fsp3) is 0.286. The molecule has 0 saturated carbocycles. The molecule has 1 amide bonds. The third kappa shape index (κ3) is 7.55. The Morgan fingerprint density at radius 2 is 1.73 bits per heavy atom. The molecule has 0 bridgehead atoms. The maximum absolute atomic E-state index is 12.5. The Kier molecular flexibility index (Phi) is 10.00. The number of hydrogen-bond donors (Lipinski definition) is 1. The van der Waals surface area contributed by atoms with Crippen LogP contribution in [0.2, 0.25) is 10.0 Å². The summed E-state index contributed by atoms with van der Waals surface area (Å²) in [7, 11) is 0. The summed E-state index contributed by atoms with van der Waals surface area (Å²) in [5, 5.41) is 3.23. The number of amides is 1.